The van der Waals surface area contributed by atoms with E-state index in [9.17, 15) is 0 Å². The van der Waals surface area contributed by atoms with E-state index in [1.165, 1.54) is 19.3 Å². The highest BCUT2D eigenvalue weighted by atomic mass is 13.9. The Labute approximate surface area is 54.7 Å². The molecule has 0 amide bonds. The zero-order valence-corrected chi connectivity index (χ0v) is 6.11. The van der Waals surface area contributed by atoms with Gasteiger partial charge >= 0.3 is 0 Å². The van der Waals surface area contributed by atoms with E-state index in [1.807, 2.05) is 0 Å². The second-order valence-corrected chi connectivity index (χ2v) is 2.19. The van der Waals surface area contributed by atoms with E-state index in [0.717, 1.165) is 12.8 Å². The summed E-state index contributed by atoms with van der Waals surface area (Å²) in [6.07, 6.45) is 6.15. The molecule has 0 fully saturated rings. The molecule has 0 aliphatic heterocycles. The Hall–Kier alpha value is 0. The van der Waals surface area contributed by atoms with Crippen molar-refractivity contribution in [1.29, 1.82) is 0 Å². The largest absolute Gasteiger partial charge is 0.0654 e. The van der Waals surface area contributed by atoms with E-state index < -0.39 is 0 Å². The molecular formula is C8H18. The van der Waals surface area contributed by atoms with Crippen LogP contribution in [0.5, 0.6) is 0 Å². The summed E-state index contributed by atoms with van der Waals surface area (Å²) in [7, 11) is 0. The van der Waals surface area contributed by atoms with E-state index >= 15 is 0 Å². The number of hydrogen-bond donors (Lipinski definition) is 0. The van der Waals surface area contributed by atoms with Gasteiger partial charge in [-0.3, -0.25) is 0 Å². The molecule has 0 aliphatic rings. The minimum absolute atomic E-state index is 0.205. The third-order valence-electron chi connectivity index (χ3n) is 1.30. The summed E-state index contributed by atoms with van der Waals surface area (Å²) in [4.78, 5) is 0. The monoisotopic (exact) mass is 115 g/mol. The predicted octanol–water partition coefficient (Wildman–Crippen LogP) is 3.37. The molecule has 1 unspecified atom stereocenters. The molecule has 0 aromatic rings. The Bertz CT molecular complexity index is 52.5. The molecule has 0 spiro atoms. The Kier molecular flexibility index (Phi) is 5.36. The van der Waals surface area contributed by atoms with Crippen LogP contribution in [-0.2, 0) is 0 Å². The molecule has 0 nitrogen and oxygen atoms in total. The first kappa shape index (κ1) is 6.12. The average Bonchev–Trinajstić information content (AvgIpc) is 1.89. The van der Waals surface area contributed by atoms with Gasteiger partial charge in [0.05, 0.1) is 0 Å². The molecule has 0 heteroatoms. The summed E-state index contributed by atoms with van der Waals surface area (Å²) in [6, 6.07) is 0. The Morgan fingerprint density at radius 3 is 2.25 bits per heavy atom. The van der Waals surface area contributed by atoms with Gasteiger partial charge in [-0.2, -0.15) is 0 Å². The smallest absolute Gasteiger partial charge is 0.0266 e. The van der Waals surface area contributed by atoms with E-state index in [0.29, 0.717) is 0 Å². The lowest BCUT2D eigenvalue weighted by atomic mass is 10.1. The van der Waals surface area contributed by atoms with Crippen molar-refractivity contribution in [3.63, 3.8) is 0 Å². The zero-order chi connectivity index (χ0) is 7.11. The third-order valence-corrected chi connectivity index (χ3v) is 1.30. The normalized spacial score (nSPS) is 15.5. The second kappa shape index (κ2) is 7.00. The van der Waals surface area contributed by atoms with Gasteiger partial charge in [-0.05, 0) is 0 Å². The topological polar surface area (TPSA) is 0 Å². The highest BCUT2D eigenvalue weighted by molar-refractivity contribution is 4.39. The van der Waals surface area contributed by atoms with Crippen LogP contribution in [0, 0.1) is 0 Å². The first-order valence-corrected chi connectivity index (χ1v) is 3.73. The average molecular weight is 115 g/mol. The SMILES string of the molecule is [2H]C(CC)CCCCC. The van der Waals surface area contributed by atoms with Gasteiger partial charge in [0.25, 0.3) is 0 Å². The molecule has 0 N–H and O–H groups in total. The predicted molar refractivity (Wildman–Crippen MR) is 39.1 cm³/mol. The van der Waals surface area contributed by atoms with Crippen LogP contribution in [-0.4, -0.2) is 0 Å². The van der Waals surface area contributed by atoms with Crippen molar-refractivity contribution in [2.75, 3.05) is 0 Å². The highest BCUT2D eigenvalue weighted by Crippen LogP contribution is 2.03. The fourth-order valence-electron chi connectivity index (χ4n) is 0.743. The molecule has 0 heterocycles. The van der Waals surface area contributed by atoms with Gasteiger partial charge < -0.3 is 0 Å². The standard InChI is InChI=1S/C8H18/c1-3-5-7-8-6-4-2/h3-8H2,1-2H3/i5D. The lowest BCUT2D eigenvalue weighted by molar-refractivity contribution is 0.624. The maximum Gasteiger partial charge on any atom is 0.0266 e. The molecular weight excluding hydrogens is 96.1 g/mol. The number of rotatable bonds is 5. The molecule has 8 heavy (non-hydrogen) atoms. The Morgan fingerprint density at radius 2 is 1.75 bits per heavy atom. The van der Waals surface area contributed by atoms with Crippen LogP contribution < -0.4 is 0 Å². The maximum absolute atomic E-state index is 7.40. The minimum atomic E-state index is 0.205. The molecule has 0 radical (unpaired) electrons. The van der Waals surface area contributed by atoms with Crippen LogP contribution in [0.1, 0.15) is 53.7 Å². The van der Waals surface area contributed by atoms with Gasteiger partial charge in [-0.25, -0.2) is 0 Å². The summed E-state index contributed by atoms with van der Waals surface area (Å²) >= 11 is 0. The molecule has 50 valence electrons. The minimum Gasteiger partial charge on any atom is -0.0654 e. The molecule has 0 aliphatic carbocycles. The van der Waals surface area contributed by atoms with Crippen LogP contribution in [0.2, 0.25) is 0 Å². The summed E-state index contributed by atoms with van der Waals surface area (Å²) in [5.74, 6) is 0. The van der Waals surface area contributed by atoms with Crippen molar-refractivity contribution in [3.8, 4) is 0 Å². The molecule has 0 aromatic carbocycles. The molecule has 0 saturated carbocycles. The fourth-order valence-corrected chi connectivity index (χ4v) is 0.743. The van der Waals surface area contributed by atoms with Crippen molar-refractivity contribution < 1.29 is 1.37 Å². The van der Waals surface area contributed by atoms with Gasteiger partial charge in [0.2, 0.25) is 0 Å². The molecule has 0 rings (SSSR count). The maximum atomic E-state index is 7.40. The van der Waals surface area contributed by atoms with E-state index in [1.54, 1.807) is 0 Å². The molecule has 0 saturated heterocycles. The lowest BCUT2D eigenvalue weighted by Crippen LogP contribution is -1.73. The van der Waals surface area contributed by atoms with Crippen LogP contribution in [0.3, 0.4) is 0 Å². The summed E-state index contributed by atoms with van der Waals surface area (Å²) in [5, 5.41) is 0. The highest BCUT2D eigenvalue weighted by Gasteiger charge is 1.83. The van der Waals surface area contributed by atoms with Crippen molar-refractivity contribution in [2.24, 2.45) is 0 Å². The summed E-state index contributed by atoms with van der Waals surface area (Å²) < 4.78 is 7.40. The van der Waals surface area contributed by atoms with Crippen LogP contribution in [0.25, 0.3) is 0 Å². The van der Waals surface area contributed by atoms with Gasteiger partial charge in [0, 0.05) is 1.37 Å². The Morgan fingerprint density at radius 1 is 1.00 bits per heavy atom. The van der Waals surface area contributed by atoms with Crippen molar-refractivity contribution in [2.45, 2.75) is 52.3 Å². The van der Waals surface area contributed by atoms with E-state index in [-0.39, 0.29) is 6.40 Å². The summed E-state index contributed by atoms with van der Waals surface area (Å²) in [6.45, 7) is 4.29. The first-order valence-electron chi connectivity index (χ1n) is 4.31. The van der Waals surface area contributed by atoms with Crippen LogP contribution in [0.4, 0.5) is 0 Å². The van der Waals surface area contributed by atoms with Gasteiger partial charge in [-0.1, -0.05) is 52.3 Å². The lowest BCUT2D eigenvalue weighted by Gasteiger charge is -1.93. The third kappa shape index (κ3) is 6.00. The molecule has 0 aromatic heterocycles. The van der Waals surface area contributed by atoms with Gasteiger partial charge in [0.15, 0.2) is 0 Å². The van der Waals surface area contributed by atoms with Gasteiger partial charge in [0.1, 0.15) is 0 Å². The molecule has 0 bridgehead atoms. The first-order chi connectivity index (χ1) is 4.31. The number of hydrogen-bond acceptors (Lipinski definition) is 0. The Balaban J connectivity index is 2.88. The van der Waals surface area contributed by atoms with Crippen molar-refractivity contribution in [3.05, 3.63) is 0 Å². The second-order valence-electron chi connectivity index (χ2n) is 2.19. The zero-order valence-electron chi connectivity index (χ0n) is 7.11. The number of unbranched alkanes of at least 4 members (excludes halogenated alkanes) is 2. The van der Waals surface area contributed by atoms with Crippen molar-refractivity contribution in [1.82, 2.24) is 0 Å². The van der Waals surface area contributed by atoms with Crippen LogP contribution >= 0.6 is 0 Å². The summed E-state index contributed by atoms with van der Waals surface area (Å²) in [5.41, 5.74) is 0. The van der Waals surface area contributed by atoms with Gasteiger partial charge in [-0.15, -0.1) is 0 Å². The van der Waals surface area contributed by atoms with Crippen LogP contribution in [0.15, 0.2) is 0 Å². The van der Waals surface area contributed by atoms with Crippen molar-refractivity contribution >= 4 is 0 Å². The van der Waals surface area contributed by atoms with E-state index in [2.05, 4.69) is 13.8 Å². The fraction of sp³-hybridized carbons (Fsp3) is 1.00. The quantitative estimate of drug-likeness (QED) is 0.482. The van der Waals surface area contributed by atoms with E-state index in [4.69, 9.17) is 1.37 Å². The molecule has 1 atom stereocenters.